The van der Waals surface area contributed by atoms with Crippen molar-refractivity contribution in [1.82, 2.24) is 10.2 Å². The van der Waals surface area contributed by atoms with E-state index in [2.05, 4.69) is 5.32 Å². The predicted octanol–water partition coefficient (Wildman–Crippen LogP) is 2.60. The Hall–Kier alpha value is -1.55. The van der Waals surface area contributed by atoms with Crippen LogP contribution in [-0.2, 0) is 16.1 Å². The summed E-state index contributed by atoms with van der Waals surface area (Å²) in [6, 6.07) is 6.83. The van der Waals surface area contributed by atoms with Crippen LogP contribution in [0.4, 0.5) is 0 Å². The van der Waals surface area contributed by atoms with E-state index in [1.807, 2.05) is 25.1 Å². The maximum Gasteiger partial charge on any atom is 0.242 e. The Balaban J connectivity index is 2.92. The molecule has 0 aromatic heterocycles. The quantitative estimate of drug-likeness (QED) is 0.877. The summed E-state index contributed by atoms with van der Waals surface area (Å²) in [7, 11) is 1.57. The minimum atomic E-state index is -0.502. The first-order chi connectivity index (χ1) is 9.49. The molecule has 4 nitrogen and oxygen atoms in total. The lowest BCUT2D eigenvalue weighted by atomic mass is 10.1. The molecule has 0 aliphatic carbocycles. The fourth-order valence-corrected chi connectivity index (χ4v) is 2.19. The summed E-state index contributed by atoms with van der Waals surface area (Å²) in [6.45, 7) is 4.06. The summed E-state index contributed by atoms with van der Waals surface area (Å²) >= 11 is 5.96. The van der Waals surface area contributed by atoms with E-state index in [1.165, 1.54) is 0 Å². The minimum absolute atomic E-state index is 0.0245. The Morgan fingerprint density at radius 3 is 2.65 bits per heavy atom. The molecule has 1 N–H and O–H groups in total. The first-order valence-electron chi connectivity index (χ1n) is 6.75. The zero-order chi connectivity index (χ0) is 15.1. The van der Waals surface area contributed by atoms with E-state index in [4.69, 9.17) is 11.6 Å². The number of hydrogen-bond donors (Lipinski definition) is 1. The molecule has 2 amide bonds. The van der Waals surface area contributed by atoms with Gasteiger partial charge in [-0.15, -0.1) is 0 Å². The molecule has 110 valence electrons. The lowest BCUT2D eigenvalue weighted by Gasteiger charge is -2.28. The first kappa shape index (κ1) is 16.5. The fourth-order valence-electron chi connectivity index (χ4n) is 1.98. The van der Waals surface area contributed by atoms with E-state index in [0.29, 0.717) is 18.0 Å². The number of rotatable bonds is 6. The van der Waals surface area contributed by atoms with Crippen LogP contribution in [0.2, 0.25) is 5.02 Å². The zero-order valence-electron chi connectivity index (χ0n) is 12.1. The van der Waals surface area contributed by atoms with Crippen molar-refractivity contribution in [2.75, 3.05) is 7.05 Å². The third-order valence-corrected chi connectivity index (χ3v) is 3.35. The highest BCUT2D eigenvalue weighted by Gasteiger charge is 2.24. The molecule has 0 saturated carbocycles. The van der Waals surface area contributed by atoms with E-state index < -0.39 is 6.04 Å². The van der Waals surface area contributed by atoms with Gasteiger partial charge in [-0.3, -0.25) is 9.59 Å². The Morgan fingerprint density at radius 2 is 2.10 bits per heavy atom. The van der Waals surface area contributed by atoms with Gasteiger partial charge in [-0.1, -0.05) is 30.7 Å². The number of carbonyl (C=O) groups is 2. The molecule has 1 atom stereocenters. The highest BCUT2D eigenvalue weighted by Crippen LogP contribution is 2.15. The monoisotopic (exact) mass is 296 g/mol. The number of likely N-dealkylation sites (N-methyl/N-ethyl adjacent to an activating group) is 1. The Labute approximate surface area is 125 Å². The van der Waals surface area contributed by atoms with Crippen LogP contribution in [-0.4, -0.2) is 29.8 Å². The first-order valence-corrected chi connectivity index (χ1v) is 7.12. The number of amides is 2. The standard InChI is InChI=1S/C15H21ClN2O2/c1-4-6-14(19)18(11(2)15(20)17-3)10-12-7-5-8-13(16)9-12/h5,7-9,11H,4,6,10H2,1-3H3,(H,17,20). The molecular formula is C15H21ClN2O2. The van der Waals surface area contributed by atoms with E-state index in [-0.39, 0.29) is 11.8 Å². The number of nitrogens with one attached hydrogen (secondary N) is 1. The highest BCUT2D eigenvalue weighted by atomic mass is 35.5. The molecule has 0 aliphatic heterocycles. The van der Waals surface area contributed by atoms with Crippen LogP contribution < -0.4 is 5.32 Å². The second kappa shape index (κ2) is 7.90. The molecule has 0 bridgehead atoms. The summed E-state index contributed by atoms with van der Waals surface area (Å²) in [4.78, 5) is 25.6. The molecule has 1 aromatic rings. The van der Waals surface area contributed by atoms with Crippen LogP contribution >= 0.6 is 11.6 Å². The smallest absolute Gasteiger partial charge is 0.242 e. The molecule has 0 fully saturated rings. The van der Waals surface area contributed by atoms with Gasteiger partial charge < -0.3 is 10.2 Å². The van der Waals surface area contributed by atoms with Crippen LogP contribution in [0.15, 0.2) is 24.3 Å². The normalized spacial score (nSPS) is 11.8. The number of nitrogens with zero attached hydrogens (tertiary/aromatic N) is 1. The number of hydrogen-bond acceptors (Lipinski definition) is 2. The van der Waals surface area contributed by atoms with E-state index in [0.717, 1.165) is 12.0 Å². The third kappa shape index (κ3) is 4.53. The van der Waals surface area contributed by atoms with Crippen molar-refractivity contribution in [1.29, 1.82) is 0 Å². The summed E-state index contributed by atoms with van der Waals surface area (Å²) in [5.41, 5.74) is 0.915. The van der Waals surface area contributed by atoms with Gasteiger partial charge in [0.15, 0.2) is 0 Å². The molecule has 0 aliphatic rings. The highest BCUT2D eigenvalue weighted by molar-refractivity contribution is 6.30. The Bertz CT molecular complexity index is 477. The second-order valence-corrected chi connectivity index (χ2v) is 5.13. The van der Waals surface area contributed by atoms with Crippen LogP contribution in [0.3, 0.4) is 0 Å². The summed E-state index contributed by atoms with van der Waals surface area (Å²) < 4.78 is 0. The van der Waals surface area contributed by atoms with Crippen molar-refractivity contribution in [2.24, 2.45) is 0 Å². The van der Waals surface area contributed by atoms with Crippen LogP contribution in [0.25, 0.3) is 0 Å². The number of halogens is 1. The average molecular weight is 297 g/mol. The minimum Gasteiger partial charge on any atom is -0.357 e. The maximum atomic E-state index is 12.2. The lowest BCUT2D eigenvalue weighted by molar-refractivity contribution is -0.140. The van der Waals surface area contributed by atoms with Gasteiger partial charge >= 0.3 is 0 Å². The molecule has 1 aromatic carbocycles. The second-order valence-electron chi connectivity index (χ2n) is 4.69. The molecule has 0 radical (unpaired) electrons. The average Bonchev–Trinajstić information content (AvgIpc) is 2.43. The molecule has 0 heterocycles. The van der Waals surface area contributed by atoms with Crippen LogP contribution in [0.1, 0.15) is 32.3 Å². The van der Waals surface area contributed by atoms with Gasteiger partial charge in [-0.05, 0) is 31.0 Å². The molecule has 1 rings (SSSR count). The van der Waals surface area contributed by atoms with Crippen LogP contribution in [0.5, 0.6) is 0 Å². The fraction of sp³-hybridized carbons (Fsp3) is 0.467. The van der Waals surface area contributed by atoms with Crippen LogP contribution in [0, 0.1) is 0 Å². The SMILES string of the molecule is CCCC(=O)N(Cc1cccc(Cl)c1)C(C)C(=O)NC. The molecule has 0 spiro atoms. The van der Waals surface area contributed by atoms with E-state index in [1.54, 1.807) is 24.9 Å². The molecule has 5 heteroatoms. The third-order valence-electron chi connectivity index (χ3n) is 3.12. The molecule has 1 unspecified atom stereocenters. The predicted molar refractivity (Wildman–Crippen MR) is 80.4 cm³/mol. The van der Waals surface area contributed by atoms with Gasteiger partial charge in [0.2, 0.25) is 11.8 Å². The van der Waals surface area contributed by atoms with Gasteiger partial charge in [0.25, 0.3) is 0 Å². The topological polar surface area (TPSA) is 49.4 Å². The van der Waals surface area contributed by atoms with Gasteiger partial charge in [0.1, 0.15) is 6.04 Å². The van der Waals surface area contributed by atoms with Gasteiger partial charge in [-0.25, -0.2) is 0 Å². The summed E-state index contributed by atoms with van der Waals surface area (Å²) in [5.74, 6) is -0.194. The van der Waals surface area contributed by atoms with Crippen molar-refractivity contribution in [3.8, 4) is 0 Å². The van der Waals surface area contributed by atoms with Gasteiger partial charge in [-0.2, -0.15) is 0 Å². The van der Waals surface area contributed by atoms with Gasteiger partial charge in [0.05, 0.1) is 0 Å². The Morgan fingerprint density at radius 1 is 1.40 bits per heavy atom. The summed E-state index contributed by atoms with van der Waals surface area (Å²) in [5, 5.41) is 3.20. The number of carbonyl (C=O) groups excluding carboxylic acids is 2. The number of benzene rings is 1. The summed E-state index contributed by atoms with van der Waals surface area (Å²) in [6.07, 6.45) is 1.19. The molecule has 0 saturated heterocycles. The molecular weight excluding hydrogens is 276 g/mol. The van der Waals surface area contributed by atoms with Crippen molar-refractivity contribution in [3.63, 3.8) is 0 Å². The van der Waals surface area contributed by atoms with E-state index in [9.17, 15) is 9.59 Å². The van der Waals surface area contributed by atoms with E-state index >= 15 is 0 Å². The largest absolute Gasteiger partial charge is 0.357 e. The zero-order valence-corrected chi connectivity index (χ0v) is 12.9. The van der Waals surface area contributed by atoms with Gasteiger partial charge in [0, 0.05) is 25.0 Å². The van der Waals surface area contributed by atoms with Crippen molar-refractivity contribution < 1.29 is 9.59 Å². The Kier molecular flexibility index (Phi) is 6.52. The van der Waals surface area contributed by atoms with Crippen molar-refractivity contribution >= 4 is 23.4 Å². The molecule has 20 heavy (non-hydrogen) atoms. The maximum absolute atomic E-state index is 12.2. The van der Waals surface area contributed by atoms with Crippen molar-refractivity contribution in [2.45, 2.75) is 39.3 Å². The lowest BCUT2D eigenvalue weighted by Crippen LogP contribution is -2.46. The van der Waals surface area contributed by atoms with Crippen molar-refractivity contribution in [3.05, 3.63) is 34.9 Å².